The van der Waals surface area contributed by atoms with E-state index < -0.39 is 11.4 Å². The lowest BCUT2D eigenvalue weighted by Crippen LogP contribution is -2.48. The van der Waals surface area contributed by atoms with Crippen LogP contribution in [0.5, 0.6) is 0 Å². The van der Waals surface area contributed by atoms with Gasteiger partial charge in [0.25, 0.3) is 0 Å². The van der Waals surface area contributed by atoms with Crippen LogP contribution < -0.4 is 5.32 Å². The van der Waals surface area contributed by atoms with Crippen molar-refractivity contribution < 1.29 is 24.2 Å². The van der Waals surface area contributed by atoms with Crippen LogP contribution in [0.2, 0.25) is 0 Å². The predicted molar refractivity (Wildman–Crippen MR) is 69.0 cm³/mol. The van der Waals surface area contributed by atoms with Gasteiger partial charge < -0.3 is 20.1 Å². The number of carbonyl (C=O) groups excluding carboxylic acids is 2. The number of aliphatic carboxylic acids is 1. The van der Waals surface area contributed by atoms with E-state index in [0.29, 0.717) is 25.9 Å². The summed E-state index contributed by atoms with van der Waals surface area (Å²) in [7, 11) is 1.34. The molecule has 1 atom stereocenters. The monoisotopic (exact) mass is 284 g/mol. The van der Waals surface area contributed by atoms with Crippen molar-refractivity contribution in [3.8, 4) is 0 Å². The van der Waals surface area contributed by atoms with E-state index in [1.807, 2.05) is 0 Å². The Kier molecular flexibility index (Phi) is 4.15. The number of likely N-dealkylation sites (tertiary alicyclic amines) is 1. The van der Waals surface area contributed by atoms with Gasteiger partial charge in [-0.1, -0.05) is 0 Å². The fourth-order valence-corrected chi connectivity index (χ4v) is 2.49. The standard InChI is InChI=1S/C13H20N2O5/c1-20-10(16)9-3-2-6-15(7-9)12(19)14-8-13(4-5-13)11(17)18/h9H,2-8H2,1H3,(H,14,19)(H,17,18). The van der Waals surface area contributed by atoms with Gasteiger partial charge in [0.2, 0.25) is 0 Å². The number of carboxylic acid groups (broad SMARTS) is 1. The molecule has 0 aromatic carbocycles. The van der Waals surface area contributed by atoms with Gasteiger partial charge in [-0.05, 0) is 25.7 Å². The summed E-state index contributed by atoms with van der Waals surface area (Å²) in [5.74, 6) is -1.44. The van der Waals surface area contributed by atoms with Crippen molar-refractivity contribution in [2.24, 2.45) is 11.3 Å². The number of amides is 2. The van der Waals surface area contributed by atoms with Crippen LogP contribution >= 0.6 is 0 Å². The van der Waals surface area contributed by atoms with Crippen molar-refractivity contribution in [2.75, 3.05) is 26.7 Å². The normalized spacial score (nSPS) is 23.9. The number of urea groups is 1. The molecule has 2 amide bonds. The Morgan fingerprint density at radius 1 is 1.40 bits per heavy atom. The second-order valence-electron chi connectivity index (χ2n) is 5.55. The number of nitrogens with one attached hydrogen (secondary N) is 1. The lowest BCUT2D eigenvalue weighted by Gasteiger charge is -2.31. The number of hydrogen-bond donors (Lipinski definition) is 2. The topological polar surface area (TPSA) is 95.9 Å². The quantitative estimate of drug-likeness (QED) is 0.731. The smallest absolute Gasteiger partial charge is 0.317 e. The van der Waals surface area contributed by atoms with Crippen molar-refractivity contribution in [2.45, 2.75) is 25.7 Å². The van der Waals surface area contributed by atoms with Gasteiger partial charge in [0, 0.05) is 19.6 Å². The summed E-state index contributed by atoms with van der Waals surface area (Å²) in [4.78, 5) is 36.1. The number of piperidine rings is 1. The van der Waals surface area contributed by atoms with Crippen LogP contribution in [-0.2, 0) is 14.3 Å². The molecule has 20 heavy (non-hydrogen) atoms. The first-order valence-electron chi connectivity index (χ1n) is 6.82. The van der Waals surface area contributed by atoms with Crippen LogP contribution in [0.1, 0.15) is 25.7 Å². The van der Waals surface area contributed by atoms with Crippen LogP contribution in [-0.4, -0.2) is 54.7 Å². The second kappa shape index (κ2) is 5.68. The van der Waals surface area contributed by atoms with Gasteiger partial charge in [0.15, 0.2) is 0 Å². The zero-order valence-electron chi connectivity index (χ0n) is 11.6. The molecule has 0 aromatic rings. The van der Waals surface area contributed by atoms with Gasteiger partial charge >= 0.3 is 18.0 Å². The molecule has 0 spiro atoms. The highest BCUT2D eigenvalue weighted by Gasteiger charge is 2.50. The minimum atomic E-state index is -0.858. The number of esters is 1. The molecule has 1 aliphatic carbocycles. The van der Waals surface area contributed by atoms with Crippen LogP contribution in [0.3, 0.4) is 0 Å². The Balaban J connectivity index is 1.83. The van der Waals surface area contributed by atoms with E-state index in [2.05, 4.69) is 5.32 Å². The summed E-state index contributed by atoms with van der Waals surface area (Å²) in [6, 6.07) is -0.300. The van der Waals surface area contributed by atoms with E-state index in [1.54, 1.807) is 4.90 Å². The molecule has 7 nitrogen and oxygen atoms in total. The van der Waals surface area contributed by atoms with Crippen LogP contribution in [0, 0.1) is 11.3 Å². The minimum Gasteiger partial charge on any atom is -0.481 e. The van der Waals surface area contributed by atoms with Gasteiger partial charge in [-0.2, -0.15) is 0 Å². The Bertz CT molecular complexity index is 419. The van der Waals surface area contributed by atoms with Gasteiger partial charge in [-0.15, -0.1) is 0 Å². The Morgan fingerprint density at radius 3 is 2.65 bits per heavy atom. The third kappa shape index (κ3) is 3.02. The molecule has 1 heterocycles. The lowest BCUT2D eigenvalue weighted by atomic mass is 9.98. The molecule has 1 saturated heterocycles. The highest BCUT2D eigenvalue weighted by atomic mass is 16.5. The largest absolute Gasteiger partial charge is 0.481 e. The maximum absolute atomic E-state index is 12.0. The molecule has 2 rings (SSSR count). The van der Waals surface area contributed by atoms with E-state index in [9.17, 15) is 14.4 Å². The van der Waals surface area contributed by atoms with Crippen LogP contribution in [0.4, 0.5) is 4.79 Å². The van der Waals surface area contributed by atoms with E-state index in [1.165, 1.54) is 7.11 Å². The van der Waals surface area contributed by atoms with Gasteiger partial charge in [-0.25, -0.2) is 4.79 Å². The number of carboxylic acids is 1. The highest BCUT2D eigenvalue weighted by molar-refractivity contribution is 5.81. The third-order valence-electron chi connectivity index (χ3n) is 4.13. The maximum Gasteiger partial charge on any atom is 0.317 e. The first-order chi connectivity index (χ1) is 9.48. The summed E-state index contributed by atoms with van der Waals surface area (Å²) in [5.41, 5.74) is -0.771. The third-order valence-corrected chi connectivity index (χ3v) is 4.13. The molecule has 7 heteroatoms. The fourth-order valence-electron chi connectivity index (χ4n) is 2.49. The number of ether oxygens (including phenoxy) is 1. The molecular weight excluding hydrogens is 264 g/mol. The van der Waals surface area contributed by atoms with Crippen LogP contribution in [0.25, 0.3) is 0 Å². The predicted octanol–water partition coefficient (Wildman–Crippen LogP) is 0.446. The molecule has 1 unspecified atom stereocenters. The van der Waals surface area contributed by atoms with E-state index >= 15 is 0 Å². The number of nitrogens with zero attached hydrogens (tertiary/aromatic N) is 1. The number of methoxy groups -OCH3 is 1. The van der Waals surface area contributed by atoms with E-state index in [0.717, 1.165) is 12.8 Å². The summed E-state index contributed by atoms with van der Waals surface area (Å²) >= 11 is 0. The van der Waals surface area contributed by atoms with E-state index in [-0.39, 0.29) is 24.5 Å². The van der Waals surface area contributed by atoms with Gasteiger partial charge in [-0.3, -0.25) is 9.59 Å². The van der Waals surface area contributed by atoms with Gasteiger partial charge in [0.05, 0.1) is 18.4 Å². The molecule has 1 aliphatic heterocycles. The lowest BCUT2D eigenvalue weighted by molar-refractivity contribution is -0.146. The molecule has 112 valence electrons. The highest BCUT2D eigenvalue weighted by Crippen LogP contribution is 2.45. The average molecular weight is 284 g/mol. The molecule has 0 bridgehead atoms. The zero-order valence-corrected chi connectivity index (χ0v) is 11.6. The Morgan fingerprint density at radius 2 is 2.10 bits per heavy atom. The first-order valence-corrected chi connectivity index (χ1v) is 6.82. The number of carbonyl (C=O) groups is 3. The molecular formula is C13H20N2O5. The minimum absolute atomic E-state index is 0.153. The zero-order chi connectivity index (χ0) is 14.8. The maximum atomic E-state index is 12.0. The molecule has 2 fully saturated rings. The first kappa shape index (κ1) is 14.6. The van der Waals surface area contributed by atoms with Crippen molar-refractivity contribution in [1.82, 2.24) is 10.2 Å². The molecule has 2 aliphatic rings. The van der Waals surface area contributed by atoms with Crippen molar-refractivity contribution in [3.05, 3.63) is 0 Å². The SMILES string of the molecule is COC(=O)C1CCCN(C(=O)NCC2(C(=O)O)CC2)C1. The van der Waals surface area contributed by atoms with Crippen molar-refractivity contribution in [1.29, 1.82) is 0 Å². The molecule has 2 N–H and O–H groups in total. The summed E-state index contributed by atoms with van der Waals surface area (Å²) in [6.45, 7) is 1.07. The second-order valence-corrected chi connectivity index (χ2v) is 5.55. The molecule has 0 radical (unpaired) electrons. The van der Waals surface area contributed by atoms with E-state index in [4.69, 9.17) is 9.84 Å². The molecule has 0 aromatic heterocycles. The van der Waals surface area contributed by atoms with Crippen molar-refractivity contribution in [3.63, 3.8) is 0 Å². The summed E-state index contributed by atoms with van der Waals surface area (Å²) in [5, 5.41) is 11.7. The fraction of sp³-hybridized carbons (Fsp3) is 0.769. The van der Waals surface area contributed by atoms with Crippen molar-refractivity contribution >= 4 is 18.0 Å². The number of hydrogen-bond acceptors (Lipinski definition) is 4. The Labute approximate surface area is 117 Å². The van der Waals surface area contributed by atoms with Gasteiger partial charge in [0.1, 0.15) is 0 Å². The van der Waals surface area contributed by atoms with Crippen LogP contribution in [0.15, 0.2) is 0 Å². The Hall–Kier alpha value is -1.79. The molecule has 1 saturated carbocycles. The summed E-state index contributed by atoms with van der Waals surface area (Å²) in [6.07, 6.45) is 2.67. The average Bonchev–Trinajstić information content (AvgIpc) is 3.25. The summed E-state index contributed by atoms with van der Waals surface area (Å²) < 4.78 is 4.70. The number of rotatable bonds is 4.